The lowest BCUT2D eigenvalue weighted by Crippen LogP contribution is -2.02. The first-order chi connectivity index (χ1) is 8.35. The fourth-order valence-electron chi connectivity index (χ4n) is 1.77. The van der Waals surface area contributed by atoms with Crippen molar-refractivity contribution in [3.05, 3.63) is 34.3 Å². The molecule has 0 saturated carbocycles. The van der Waals surface area contributed by atoms with Gasteiger partial charge in [0, 0.05) is 25.7 Å². The molecule has 17 heavy (non-hydrogen) atoms. The fraction of sp³-hybridized carbons (Fsp3) is 0.786. The van der Waals surface area contributed by atoms with Gasteiger partial charge in [-0.2, -0.15) is 0 Å². The first-order valence-corrected chi connectivity index (χ1v) is 6.38. The maximum absolute atomic E-state index is 7.12. The molecule has 0 aromatic rings. The zero-order valence-corrected chi connectivity index (χ0v) is 10.5. The lowest BCUT2D eigenvalue weighted by Gasteiger charge is -2.04. The summed E-state index contributed by atoms with van der Waals surface area (Å²) in [5.41, 5.74) is 0. The fourth-order valence-corrected chi connectivity index (χ4v) is 1.77. The summed E-state index contributed by atoms with van der Waals surface area (Å²) in [6, 6.07) is 0.163. The third-order valence-corrected chi connectivity index (χ3v) is 2.80. The molecule has 0 aliphatic carbocycles. The molecule has 0 aliphatic heterocycles. The van der Waals surface area contributed by atoms with E-state index in [0.29, 0.717) is 13.1 Å². The Balaban J connectivity index is 3.41. The van der Waals surface area contributed by atoms with Crippen molar-refractivity contribution >= 4 is 0 Å². The molecule has 0 N–H and O–H groups in total. The van der Waals surface area contributed by atoms with Crippen molar-refractivity contribution in [1.82, 2.24) is 0 Å². The molecule has 0 aromatic heterocycles. The molecule has 0 fully saturated rings. The highest BCUT2D eigenvalue weighted by Gasteiger charge is 2.11. The molecule has 0 aromatic carbocycles. The molecule has 0 atom stereocenters. The van der Waals surface area contributed by atoms with Crippen LogP contribution in [0.25, 0.3) is 14.5 Å². The van der Waals surface area contributed by atoms with Crippen molar-refractivity contribution in [2.24, 2.45) is 0 Å². The van der Waals surface area contributed by atoms with E-state index in [4.69, 9.17) is 19.7 Å². The number of rotatable bonds is 10. The van der Waals surface area contributed by atoms with Gasteiger partial charge in [-0.3, -0.25) is 0 Å². The van der Waals surface area contributed by atoms with Crippen molar-refractivity contribution in [3.8, 4) is 0 Å². The van der Waals surface area contributed by atoms with E-state index in [0.717, 1.165) is 51.4 Å². The van der Waals surface area contributed by atoms with Crippen molar-refractivity contribution in [2.45, 2.75) is 57.4 Å². The van der Waals surface area contributed by atoms with Gasteiger partial charge in [-0.05, 0) is 25.7 Å². The van der Waals surface area contributed by atoms with E-state index in [2.05, 4.69) is 14.5 Å². The molecule has 0 aliphatic rings. The smallest absolute Gasteiger partial charge is 0.223 e. The molecule has 0 unspecified atom stereocenters. The van der Waals surface area contributed by atoms with Crippen LogP contribution in [-0.4, -0.2) is 19.1 Å². The third-order valence-electron chi connectivity index (χ3n) is 2.80. The molecule has 0 heterocycles. The molecule has 0 saturated heterocycles. The van der Waals surface area contributed by atoms with Crippen LogP contribution in [0.15, 0.2) is 0 Å². The molecule has 0 rings (SSSR count). The Morgan fingerprint density at radius 1 is 0.647 bits per heavy atom. The molecular weight excluding hydrogens is 210 g/mol. The van der Waals surface area contributed by atoms with Crippen LogP contribution >= 0.6 is 0 Å². The Kier molecular flexibility index (Phi) is 11.4. The monoisotopic (exact) mass is 231 g/mol. The van der Waals surface area contributed by atoms with Crippen LogP contribution in [0.1, 0.15) is 51.4 Å². The van der Waals surface area contributed by atoms with E-state index >= 15 is 0 Å². The Hall–Kier alpha value is -1.53. The minimum atomic E-state index is 0.163. The van der Waals surface area contributed by atoms with Gasteiger partial charge in [0.15, 0.2) is 0 Å². The standard InChI is InChI=1S/C14H21N3/c1-15-12-8-4-6-10-14(17-3)11-7-5-9-13-16-2/h14H,4-13H2. The lowest BCUT2D eigenvalue weighted by molar-refractivity contribution is 0.544. The zero-order chi connectivity index (χ0) is 12.8. The maximum Gasteiger partial charge on any atom is 0.223 e. The maximum atomic E-state index is 7.12. The first-order valence-electron chi connectivity index (χ1n) is 6.38. The second-order valence-electron chi connectivity index (χ2n) is 4.25. The zero-order valence-electron chi connectivity index (χ0n) is 10.5. The predicted octanol–water partition coefficient (Wildman–Crippen LogP) is 4.23. The summed E-state index contributed by atoms with van der Waals surface area (Å²) >= 11 is 0. The van der Waals surface area contributed by atoms with Gasteiger partial charge in [-0.25, -0.2) is 19.7 Å². The first kappa shape index (κ1) is 15.5. The Morgan fingerprint density at radius 3 is 1.47 bits per heavy atom. The molecule has 3 heteroatoms. The summed E-state index contributed by atoms with van der Waals surface area (Å²) in [6.45, 7) is 21.7. The Bertz CT molecular complexity index is 266. The third kappa shape index (κ3) is 10.7. The van der Waals surface area contributed by atoms with Crippen LogP contribution in [0, 0.1) is 19.7 Å². The van der Waals surface area contributed by atoms with E-state index in [9.17, 15) is 0 Å². The van der Waals surface area contributed by atoms with Crippen molar-refractivity contribution in [3.63, 3.8) is 0 Å². The highest BCUT2D eigenvalue weighted by Crippen LogP contribution is 2.14. The van der Waals surface area contributed by atoms with Crippen LogP contribution in [0.2, 0.25) is 0 Å². The van der Waals surface area contributed by atoms with Crippen molar-refractivity contribution in [2.75, 3.05) is 13.1 Å². The van der Waals surface area contributed by atoms with E-state index in [1.165, 1.54) is 0 Å². The van der Waals surface area contributed by atoms with Crippen LogP contribution in [-0.2, 0) is 0 Å². The van der Waals surface area contributed by atoms with Gasteiger partial charge in [0.2, 0.25) is 19.1 Å². The molecule has 0 spiro atoms. The topological polar surface area (TPSA) is 13.1 Å². The SMILES string of the molecule is [C-]#[N+]CCCCCC(CCCCC[N+]#[C-])[N+]#[C-]. The molecule has 0 amide bonds. The average molecular weight is 231 g/mol. The predicted molar refractivity (Wildman–Crippen MR) is 70.3 cm³/mol. The number of nitrogens with zero attached hydrogens (tertiary/aromatic N) is 3. The number of hydrogen-bond donors (Lipinski definition) is 0. The Labute approximate surface area is 105 Å². The number of hydrogen-bond acceptors (Lipinski definition) is 0. The van der Waals surface area contributed by atoms with Gasteiger partial charge in [0.25, 0.3) is 0 Å². The van der Waals surface area contributed by atoms with Crippen LogP contribution in [0.4, 0.5) is 0 Å². The quantitative estimate of drug-likeness (QED) is 0.394. The molecule has 0 bridgehead atoms. The van der Waals surface area contributed by atoms with E-state index in [1.54, 1.807) is 0 Å². The van der Waals surface area contributed by atoms with Gasteiger partial charge in [0.05, 0.1) is 0 Å². The van der Waals surface area contributed by atoms with E-state index in [-0.39, 0.29) is 6.04 Å². The van der Waals surface area contributed by atoms with Gasteiger partial charge >= 0.3 is 0 Å². The van der Waals surface area contributed by atoms with Crippen molar-refractivity contribution in [1.29, 1.82) is 0 Å². The minimum Gasteiger partial charge on any atom is -0.317 e. The summed E-state index contributed by atoms with van der Waals surface area (Å²) < 4.78 is 0. The molecule has 0 radical (unpaired) electrons. The van der Waals surface area contributed by atoms with E-state index < -0.39 is 0 Å². The molecule has 92 valence electrons. The van der Waals surface area contributed by atoms with Gasteiger partial charge in [-0.1, -0.05) is 0 Å². The average Bonchev–Trinajstić information content (AvgIpc) is 2.36. The van der Waals surface area contributed by atoms with Crippen molar-refractivity contribution < 1.29 is 0 Å². The summed E-state index contributed by atoms with van der Waals surface area (Å²) in [7, 11) is 0. The highest BCUT2D eigenvalue weighted by molar-refractivity contribution is 4.78. The number of unbranched alkanes of at least 4 members (excludes halogenated alkanes) is 4. The van der Waals surface area contributed by atoms with E-state index in [1.807, 2.05) is 0 Å². The summed E-state index contributed by atoms with van der Waals surface area (Å²) in [6.07, 6.45) is 8.20. The minimum absolute atomic E-state index is 0.163. The van der Waals surface area contributed by atoms with Gasteiger partial charge < -0.3 is 14.5 Å². The van der Waals surface area contributed by atoms with Gasteiger partial charge in [0.1, 0.15) is 0 Å². The van der Waals surface area contributed by atoms with Crippen LogP contribution in [0.5, 0.6) is 0 Å². The normalized spacial score (nSPS) is 9.53. The molecular formula is C14H21N3. The summed E-state index contributed by atoms with van der Waals surface area (Å²) in [5.74, 6) is 0. The lowest BCUT2D eigenvalue weighted by atomic mass is 10.0. The summed E-state index contributed by atoms with van der Waals surface area (Å²) in [4.78, 5) is 10.3. The van der Waals surface area contributed by atoms with Gasteiger partial charge in [-0.15, -0.1) is 0 Å². The Morgan fingerprint density at radius 2 is 1.12 bits per heavy atom. The van der Waals surface area contributed by atoms with Crippen LogP contribution in [0.3, 0.4) is 0 Å². The van der Waals surface area contributed by atoms with Crippen LogP contribution < -0.4 is 0 Å². The summed E-state index contributed by atoms with van der Waals surface area (Å²) in [5, 5.41) is 0. The second kappa shape index (κ2) is 12.5. The molecule has 3 nitrogen and oxygen atoms in total. The second-order valence-corrected chi connectivity index (χ2v) is 4.25. The largest absolute Gasteiger partial charge is 0.317 e. The highest BCUT2D eigenvalue weighted by atomic mass is 14.7.